The number of aliphatic hydroxyl groups is 1. The van der Waals surface area contributed by atoms with Crippen molar-refractivity contribution in [2.75, 3.05) is 0 Å². The molecule has 0 heterocycles. The molecule has 0 aliphatic heterocycles. The lowest BCUT2D eigenvalue weighted by Gasteiger charge is -2.26. The van der Waals surface area contributed by atoms with Crippen molar-refractivity contribution < 1.29 is 10.2 Å². The molecule has 13 heavy (non-hydrogen) atoms. The van der Waals surface area contributed by atoms with E-state index in [2.05, 4.69) is 0 Å². The zero-order valence-electron chi connectivity index (χ0n) is 7.86. The fourth-order valence-electron chi connectivity index (χ4n) is 1.09. The van der Waals surface area contributed by atoms with Gasteiger partial charge in [0.2, 0.25) is 0 Å². The van der Waals surface area contributed by atoms with Gasteiger partial charge in [-0.15, -0.1) is 0 Å². The fourth-order valence-corrected chi connectivity index (χ4v) is 1.09. The van der Waals surface area contributed by atoms with Crippen LogP contribution in [0.3, 0.4) is 0 Å². The van der Waals surface area contributed by atoms with Gasteiger partial charge in [0.1, 0.15) is 5.75 Å². The van der Waals surface area contributed by atoms with Crippen molar-refractivity contribution in [3.05, 3.63) is 29.8 Å². The van der Waals surface area contributed by atoms with Crippen molar-refractivity contribution in [1.29, 1.82) is 0 Å². The minimum Gasteiger partial charge on any atom is -0.508 e. The van der Waals surface area contributed by atoms with E-state index in [4.69, 9.17) is 10.8 Å². The lowest BCUT2D eigenvalue weighted by molar-refractivity contribution is 0.104. The maximum Gasteiger partial charge on any atom is 0.115 e. The SMILES string of the molecule is CC(C)(N)[C@H](O)c1ccc(O)cc1. The van der Waals surface area contributed by atoms with Crippen LogP contribution in [0.25, 0.3) is 0 Å². The molecule has 0 fully saturated rings. The average Bonchev–Trinajstić information content (AvgIpc) is 2.03. The van der Waals surface area contributed by atoms with E-state index in [9.17, 15) is 5.11 Å². The van der Waals surface area contributed by atoms with Crippen LogP contribution in [0.2, 0.25) is 0 Å². The molecule has 0 spiro atoms. The number of aliphatic hydroxyl groups excluding tert-OH is 1. The van der Waals surface area contributed by atoms with Crippen molar-refractivity contribution >= 4 is 0 Å². The minimum atomic E-state index is -0.715. The molecule has 0 radical (unpaired) electrons. The Kier molecular flexibility index (Phi) is 2.59. The van der Waals surface area contributed by atoms with Crippen molar-refractivity contribution in [2.24, 2.45) is 5.73 Å². The molecule has 72 valence electrons. The third kappa shape index (κ3) is 2.44. The van der Waals surface area contributed by atoms with Gasteiger partial charge >= 0.3 is 0 Å². The van der Waals surface area contributed by atoms with Crippen LogP contribution in [0, 0.1) is 0 Å². The highest BCUT2D eigenvalue weighted by Gasteiger charge is 2.23. The Bertz CT molecular complexity index is 274. The lowest BCUT2D eigenvalue weighted by atomic mass is 9.92. The molecule has 3 nitrogen and oxygen atoms in total. The zero-order valence-corrected chi connectivity index (χ0v) is 7.86. The van der Waals surface area contributed by atoms with Crippen LogP contribution in [-0.4, -0.2) is 15.8 Å². The van der Waals surface area contributed by atoms with Crippen molar-refractivity contribution in [2.45, 2.75) is 25.5 Å². The molecule has 0 bridgehead atoms. The normalized spacial score (nSPS) is 14.2. The molecule has 3 heteroatoms. The standard InChI is InChI=1S/C10H15NO2/c1-10(2,11)9(13)7-3-5-8(12)6-4-7/h3-6,9,12-13H,11H2,1-2H3/t9-/m1/s1. The Morgan fingerprint density at radius 1 is 1.23 bits per heavy atom. The van der Waals surface area contributed by atoms with Gasteiger partial charge in [0.15, 0.2) is 0 Å². The zero-order chi connectivity index (χ0) is 10.1. The second-order valence-corrected chi connectivity index (χ2v) is 3.82. The molecule has 0 amide bonds. The van der Waals surface area contributed by atoms with Crippen LogP contribution < -0.4 is 5.73 Å². The fraction of sp³-hybridized carbons (Fsp3) is 0.400. The van der Waals surface area contributed by atoms with E-state index >= 15 is 0 Å². The van der Waals surface area contributed by atoms with E-state index < -0.39 is 11.6 Å². The molecule has 0 aliphatic rings. The lowest BCUT2D eigenvalue weighted by Crippen LogP contribution is -2.39. The number of aromatic hydroxyl groups is 1. The molecule has 1 aromatic carbocycles. The highest BCUT2D eigenvalue weighted by atomic mass is 16.3. The summed E-state index contributed by atoms with van der Waals surface area (Å²) >= 11 is 0. The van der Waals surface area contributed by atoms with E-state index in [1.54, 1.807) is 26.0 Å². The Hall–Kier alpha value is -1.06. The molecule has 1 rings (SSSR count). The average molecular weight is 181 g/mol. The van der Waals surface area contributed by atoms with E-state index in [-0.39, 0.29) is 5.75 Å². The van der Waals surface area contributed by atoms with E-state index in [1.165, 1.54) is 12.1 Å². The summed E-state index contributed by atoms with van der Waals surface area (Å²) in [7, 11) is 0. The number of phenolic OH excluding ortho intramolecular Hbond substituents is 1. The molecule has 0 unspecified atom stereocenters. The quantitative estimate of drug-likeness (QED) is 0.641. The van der Waals surface area contributed by atoms with Crippen LogP contribution in [0.15, 0.2) is 24.3 Å². The maximum atomic E-state index is 9.74. The summed E-state index contributed by atoms with van der Waals surface area (Å²) in [6.45, 7) is 3.51. The summed E-state index contributed by atoms with van der Waals surface area (Å²) in [5.74, 6) is 0.186. The van der Waals surface area contributed by atoms with E-state index in [1.807, 2.05) is 0 Å². The molecule has 0 saturated heterocycles. The summed E-state index contributed by atoms with van der Waals surface area (Å²) in [6.07, 6.45) is -0.715. The Morgan fingerprint density at radius 2 is 1.69 bits per heavy atom. The molecule has 4 N–H and O–H groups in total. The highest BCUT2D eigenvalue weighted by molar-refractivity contribution is 5.28. The first-order valence-corrected chi connectivity index (χ1v) is 4.17. The molecule has 1 atom stereocenters. The Balaban J connectivity index is 2.90. The number of rotatable bonds is 2. The summed E-state index contributed by atoms with van der Waals surface area (Å²) in [5.41, 5.74) is 5.78. The second kappa shape index (κ2) is 3.36. The first kappa shape index (κ1) is 10.0. The highest BCUT2D eigenvalue weighted by Crippen LogP contribution is 2.24. The summed E-state index contributed by atoms with van der Waals surface area (Å²) in [6, 6.07) is 6.39. The van der Waals surface area contributed by atoms with E-state index in [0.29, 0.717) is 5.56 Å². The van der Waals surface area contributed by atoms with Crippen LogP contribution in [0.5, 0.6) is 5.75 Å². The first-order valence-electron chi connectivity index (χ1n) is 4.17. The number of benzene rings is 1. The number of nitrogens with two attached hydrogens (primary N) is 1. The second-order valence-electron chi connectivity index (χ2n) is 3.82. The number of phenols is 1. The summed E-state index contributed by atoms with van der Waals surface area (Å²) in [5, 5.41) is 18.8. The topological polar surface area (TPSA) is 66.5 Å². The molecule has 0 aliphatic carbocycles. The summed E-state index contributed by atoms with van der Waals surface area (Å²) < 4.78 is 0. The monoisotopic (exact) mass is 181 g/mol. The Morgan fingerprint density at radius 3 is 2.08 bits per heavy atom. The predicted molar refractivity (Wildman–Crippen MR) is 51.3 cm³/mol. The smallest absolute Gasteiger partial charge is 0.115 e. The largest absolute Gasteiger partial charge is 0.508 e. The van der Waals surface area contributed by atoms with Crippen LogP contribution in [0.4, 0.5) is 0 Å². The number of hydrogen-bond acceptors (Lipinski definition) is 3. The van der Waals surface area contributed by atoms with Gasteiger partial charge in [-0.1, -0.05) is 12.1 Å². The van der Waals surface area contributed by atoms with Gasteiger partial charge in [-0.3, -0.25) is 0 Å². The molecule has 0 saturated carbocycles. The van der Waals surface area contributed by atoms with Gasteiger partial charge in [0.25, 0.3) is 0 Å². The van der Waals surface area contributed by atoms with Crippen molar-refractivity contribution in [1.82, 2.24) is 0 Å². The minimum absolute atomic E-state index is 0.186. The van der Waals surface area contributed by atoms with Crippen LogP contribution in [-0.2, 0) is 0 Å². The van der Waals surface area contributed by atoms with Crippen molar-refractivity contribution in [3.8, 4) is 5.75 Å². The van der Waals surface area contributed by atoms with Crippen LogP contribution >= 0.6 is 0 Å². The summed E-state index contributed by atoms with van der Waals surface area (Å²) in [4.78, 5) is 0. The first-order chi connectivity index (χ1) is 5.91. The van der Waals surface area contributed by atoms with Gasteiger partial charge < -0.3 is 15.9 Å². The molecule has 1 aromatic rings. The van der Waals surface area contributed by atoms with Gasteiger partial charge in [-0.2, -0.15) is 0 Å². The third-order valence-electron chi connectivity index (χ3n) is 1.91. The van der Waals surface area contributed by atoms with Crippen LogP contribution in [0.1, 0.15) is 25.5 Å². The van der Waals surface area contributed by atoms with Gasteiger partial charge in [0, 0.05) is 5.54 Å². The van der Waals surface area contributed by atoms with Crippen molar-refractivity contribution in [3.63, 3.8) is 0 Å². The molecular formula is C10H15NO2. The molecule has 0 aromatic heterocycles. The maximum absolute atomic E-state index is 9.74. The number of hydrogen-bond donors (Lipinski definition) is 3. The van der Waals surface area contributed by atoms with Gasteiger partial charge in [0.05, 0.1) is 6.10 Å². The van der Waals surface area contributed by atoms with E-state index in [0.717, 1.165) is 0 Å². The van der Waals surface area contributed by atoms with Gasteiger partial charge in [-0.05, 0) is 31.5 Å². The third-order valence-corrected chi connectivity index (χ3v) is 1.91. The van der Waals surface area contributed by atoms with Gasteiger partial charge in [-0.25, -0.2) is 0 Å². The predicted octanol–water partition coefficient (Wildman–Crippen LogP) is 1.16. The molecular weight excluding hydrogens is 166 g/mol. The Labute approximate surface area is 77.8 Å².